The molecule has 1 saturated heterocycles. The lowest BCUT2D eigenvalue weighted by Gasteiger charge is -2.15. The van der Waals surface area contributed by atoms with E-state index in [0.717, 1.165) is 12.2 Å². The number of halogens is 2. The van der Waals surface area contributed by atoms with Gasteiger partial charge in [0.15, 0.2) is 0 Å². The maximum Gasteiger partial charge on any atom is 0.247 e. The van der Waals surface area contributed by atoms with Crippen LogP contribution in [0.25, 0.3) is 0 Å². The first kappa shape index (κ1) is 23.6. The predicted octanol–water partition coefficient (Wildman–Crippen LogP) is 7.28. The molecule has 156 valence electrons. The van der Waals surface area contributed by atoms with Crippen LogP contribution in [0.2, 0.25) is 10.0 Å². The second-order valence-electron chi connectivity index (χ2n) is 7.44. The Morgan fingerprint density at radius 1 is 0.893 bits per heavy atom. The fraction of sp³-hybridized carbons (Fsp3) is 0.636. The second-order valence-corrected chi connectivity index (χ2v) is 9.62. The maximum atomic E-state index is 12.7. The van der Waals surface area contributed by atoms with Gasteiger partial charge >= 0.3 is 0 Å². The lowest BCUT2D eigenvalue weighted by molar-refractivity contribution is -0.121. The number of carbonyl (C=O) groups is 2. The van der Waals surface area contributed by atoms with Crippen molar-refractivity contribution in [3.63, 3.8) is 0 Å². The number of hydrogen-bond acceptors (Lipinski definition) is 3. The minimum Gasteiger partial charge on any atom is -0.274 e. The monoisotopic (exact) mass is 443 g/mol. The van der Waals surface area contributed by atoms with Crippen molar-refractivity contribution in [2.45, 2.75) is 82.8 Å². The smallest absolute Gasteiger partial charge is 0.247 e. The van der Waals surface area contributed by atoms with Crippen LogP contribution < -0.4 is 4.90 Å². The summed E-state index contributed by atoms with van der Waals surface area (Å²) >= 11 is 13.6. The SMILES string of the molecule is CCCCCCCCCCCCSC1CC(=O)N(c2cc(Cl)cc(Cl)c2)C1=O. The summed E-state index contributed by atoms with van der Waals surface area (Å²) < 4.78 is 0. The predicted molar refractivity (Wildman–Crippen MR) is 122 cm³/mol. The van der Waals surface area contributed by atoms with Gasteiger partial charge in [-0.1, -0.05) is 87.9 Å². The van der Waals surface area contributed by atoms with Gasteiger partial charge in [-0.15, -0.1) is 11.8 Å². The Labute approximate surface area is 183 Å². The fourth-order valence-electron chi connectivity index (χ4n) is 3.49. The standard InChI is InChI=1S/C22H31Cl2NO2S/c1-2-3-4-5-6-7-8-9-10-11-12-28-20-16-21(26)25(22(20)27)19-14-17(23)13-18(24)15-19/h13-15,20H,2-12,16H2,1H3. The van der Waals surface area contributed by atoms with E-state index in [2.05, 4.69) is 6.92 Å². The fourth-order valence-corrected chi connectivity index (χ4v) is 5.17. The first-order chi connectivity index (χ1) is 13.5. The minimum absolute atomic E-state index is 0.152. The molecule has 2 rings (SSSR count). The zero-order chi connectivity index (χ0) is 20.4. The van der Waals surface area contributed by atoms with Crippen LogP contribution >= 0.6 is 35.0 Å². The highest BCUT2D eigenvalue weighted by molar-refractivity contribution is 8.00. The van der Waals surface area contributed by atoms with Gasteiger partial charge in [-0.3, -0.25) is 9.59 Å². The molecule has 0 saturated carbocycles. The van der Waals surface area contributed by atoms with E-state index in [-0.39, 0.29) is 23.5 Å². The van der Waals surface area contributed by atoms with E-state index in [1.807, 2.05) is 0 Å². The quantitative estimate of drug-likeness (QED) is 0.237. The van der Waals surface area contributed by atoms with Crippen molar-refractivity contribution in [1.82, 2.24) is 0 Å². The molecule has 0 aliphatic carbocycles. The molecular weight excluding hydrogens is 413 g/mol. The van der Waals surface area contributed by atoms with Gasteiger partial charge in [-0.2, -0.15) is 0 Å². The number of benzene rings is 1. The van der Waals surface area contributed by atoms with E-state index in [9.17, 15) is 9.59 Å². The van der Waals surface area contributed by atoms with E-state index in [4.69, 9.17) is 23.2 Å². The van der Waals surface area contributed by atoms with Crippen LogP contribution in [0.15, 0.2) is 18.2 Å². The zero-order valence-corrected chi connectivity index (χ0v) is 19.1. The van der Waals surface area contributed by atoms with Crippen molar-refractivity contribution in [2.75, 3.05) is 10.7 Å². The van der Waals surface area contributed by atoms with Gasteiger partial charge in [0.25, 0.3) is 0 Å². The third-order valence-electron chi connectivity index (χ3n) is 5.03. The number of anilines is 1. The van der Waals surface area contributed by atoms with Gasteiger partial charge in [0.1, 0.15) is 0 Å². The number of rotatable bonds is 13. The van der Waals surface area contributed by atoms with Crippen LogP contribution in [-0.2, 0) is 9.59 Å². The molecule has 1 aliphatic heterocycles. The molecule has 0 radical (unpaired) electrons. The first-order valence-electron chi connectivity index (χ1n) is 10.5. The molecule has 1 atom stereocenters. The number of amides is 2. The molecule has 1 fully saturated rings. The van der Waals surface area contributed by atoms with Gasteiger partial charge in [0, 0.05) is 16.5 Å². The van der Waals surface area contributed by atoms with Crippen molar-refractivity contribution in [3.05, 3.63) is 28.2 Å². The Morgan fingerprint density at radius 2 is 1.43 bits per heavy atom. The Kier molecular flexibility index (Phi) is 10.7. The minimum atomic E-state index is -0.288. The molecule has 0 bridgehead atoms. The summed E-state index contributed by atoms with van der Waals surface area (Å²) in [5.41, 5.74) is 0.467. The normalized spacial score (nSPS) is 17.0. The molecule has 1 aliphatic rings. The van der Waals surface area contributed by atoms with Gasteiger partial charge in [0.2, 0.25) is 11.8 Å². The van der Waals surface area contributed by atoms with Gasteiger partial charge in [-0.25, -0.2) is 4.90 Å². The van der Waals surface area contributed by atoms with Crippen LogP contribution in [0.1, 0.15) is 77.6 Å². The molecule has 1 heterocycles. The molecule has 2 amide bonds. The molecule has 0 N–H and O–H groups in total. The largest absolute Gasteiger partial charge is 0.274 e. The second kappa shape index (κ2) is 12.8. The van der Waals surface area contributed by atoms with Gasteiger partial charge in [0.05, 0.1) is 10.9 Å². The molecule has 0 spiro atoms. The number of hydrogen-bond donors (Lipinski definition) is 0. The summed E-state index contributed by atoms with van der Waals surface area (Å²) in [4.78, 5) is 26.2. The van der Waals surface area contributed by atoms with E-state index in [1.165, 1.54) is 62.7 Å². The molecule has 6 heteroatoms. The Bertz CT molecular complexity index is 633. The number of nitrogens with zero attached hydrogens (tertiary/aromatic N) is 1. The van der Waals surface area contributed by atoms with E-state index < -0.39 is 0 Å². The molecule has 1 aromatic rings. The van der Waals surface area contributed by atoms with E-state index in [1.54, 1.807) is 30.0 Å². The highest BCUT2D eigenvalue weighted by atomic mass is 35.5. The van der Waals surface area contributed by atoms with Crippen LogP contribution in [0.4, 0.5) is 5.69 Å². The first-order valence-corrected chi connectivity index (χ1v) is 12.3. The van der Waals surface area contributed by atoms with Crippen LogP contribution in [-0.4, -0.2) is 22.8 Å². The average molecular weight is 444 g/mol. The van der Waals surface area contributed by atoms with Crippen molar-refractivity contribution < 1.29 is 9.59 Å². The summed E-state index contributed by atoms with van der Waals surface area (Å²) in [6.45, 7) is 2.25. The van der Waals surface area contributed by atoms with Crippen LogP contribution in [0, 0.1) is 0 Å². The number of imide groups is 1. The van der Waals surface area contributed by atoms with Crippen LogP contribution in [0.5, 0.6) is 0 Å². The van der Waals surface area contributed by atoms with Crippen molar-refractivity contribution in [1.29, 1.82) is 0 Å². The maximum absolute atomic E-state index is 12.7. The number of carbonyl (C=O) groups excluding carboxylic acids is 2. The van der Waals surface area contributed by atoms with Crippen molar-refractivity contribution >= 4 is 52.5 Å². The highest BCUT2D eigenvalue weighted by Crippen LogP contribution is 2.33. The Balaban J connectivity index is 1.63. The molecule has 3 nitrogen and oxygen atoms in total. The number of unbranched alkanes of at least 4 members (excludes halogenated alkanes) is 9. The Hall–Kier alpha value is -0.710. The topological polar surface area (TPSA) is 37.4 Å². The van der Waals surface area contributed by atoms with Crippen molar-refractivity contribution in [3.8, 4) is 0 Å². The molecule has 1 unspecified atom stereocenters. The summed E-state index contributed by atoms with van der Waals surface area (Å²) in [5, 5.41) is 0.554. The lowest BCUT2D eigenvalue weighted by Crippen LogP contribution is -2.31. The summed E-state index contributed by atoms with van der Waals surface area (Å²) in [6, 6.07) is 4.81. The molecule has 0 aromatic heterocycles. The lowest BCUT2D eigenvalue weighted by atomic mass is 10.1. The Morgan fingerprint density at radius 3 is 2.00 bits per heavy atom. The average Bonchev–Trinajstić information content (AvgIpc) is 2.92. The molecule has 1 aromatic carbocycles. The summed E-state index contributed by atoms with van der Waals surface area (Å²) in [6.07, 6.45) is 13.2. The molecule has 28 heavy (non-hydrogen) atoms. The summed E-state index contributed by atoms with van der Waals surface area (Å²) in [7, 11) is 0. The highest BCUT2D eigenvalue weighted by Gasteiger charge is 2.39. The third-order valence-corrected chi connectivity index (χ3v) is 6.76. The van der Waals surface area contributed by atoms with Crippen LogP contribution in [0.3, 0.4) is 0 Å². The van der Waals surface area contributed by atoms with E-state index >= 15 is 0 Å². The third kappa shape index (κ3) is 7.61. The van der Waals surface area contributed by atoms with E-state index in [0.29, 0.717) is 15.7 Å². The summed E-state index contributed by atoms with van der Waals surface area (Å²) in [5.74, 6) is 0.592. The zero-order valence-electron chi connectivity index (χ0n) is 16.7. The number of thioether (sulfide) groups is 1. The van der Waals surface area contributed by atoms with Crippen molar-refractivity contribution in [2.24, 2.45) is 0 Å². The molecular formula is C22H31Cl2NO2S. The van der Waals surface area contributed by atoms with Gasteiger partial charge in [-0.05, 0) is 30.4 Å². The van der Waals surface area contributed by atoms with Gasteiger partial charge < -0.3 is 0 Å².